The van der Waals surface area contributed by atoms with E-state index in [4.69, 9.17) is 10.5 Å². The zero-order chi connectivity index (χ0) is 17.3. The third kappa shape index (κ3) is 3.42. The summed E-state index contributed by atoms with van der Waals surface area (Å²) in [6.07, 6.45) is 1.88. The van der Waals surface area contributed by atoms with Gasteiger partial charge in [0.15, 0.2) is 0 Å². The number of amides is 1. The third-order valence-corrected chi connectivity index (χ3v) is 5.30. The fraction of sp³-hybridized carbons (Fsp3) is 0.632. The van der Waals surface area contributed by atoms with Crippen LogP contribution in [0.2, 0.25) is 0 Å². The Bertz CT molecular complexity index is 607. The first-order valence-electron chi connectivity index (χ1n) is 8.98. The van der Waals surface area contributed by atoms with E-state index in [1.165, 1.54) is 5.56 Å². The van der Waals surface area contributed by atoms with Crippen LogP contribution in [0.5, 0.6) is 5.75 Å². The van der Waals surface area contributed by atoms with Crippen LogP contribution in [0.25, 0.3) is 0 Å². The van der Waals surface area contributed by atoms with Gasteiger partial charge in [0.2, 0.25) is 5.91 Å². The predicted molar refractivity (Wildman–Crippen MR) is 95.0 cm³/mol. The number of fused-ring (bicyclic) bond motifs is 1. The number of hydrogen-bond acceptors (Lipinski definition) is 4. The first-order chi connectivity index (χ1) is 11.4. The second-order valence-corrected chi connectivity index (χ2v) is 7.31. The smallest absolute Gasteiger partial charge is 0.239 e. The third-order valence-electron chi connectivity index (χ3n) is 5.30. The monoisotopic (exact) mass is 331 g/mol. The van der Waals surface area contributed by atoms with Gasteiger partial charge < -0.3 is 20.3 Å². The molecule has 0 aromatic heterocycles. The lowest BCUT2D eigenvalue weighted by Gasteiger charge is -2.42. The highest BCUT2D eigenvalue weighted by molar-refractivity contribution is 5.81. The Kier molecular flexibility index (Phi) is 4.83. The van der Waals surface area contributed by atoms with Crippen molar-refractivity contribution in [2.45, 2.75) is 51.8 Å². The van der Waals surface area contributed by atoms with Gasteiger partial charge in [-0.1, -0.05) is 24.6 Å². The molecule has 0 aliphatic carbocycles. The zero-order valence-corrected chi connectivity index (χ0v) is 15.0. The van der Waals surface area contributed by atoms with E-state index in [9.17, 15) is 4.79 Å². The Labute approximate surface area is 144 Å². The lowest BCUT2D eigenvalue weighted by molar-refractivity contribution is -0.136. The lowest BCUT2D eigenvalue weighted by atomic mass is 9.90. The van der Waals surface area contributed by atoms with E-state index in [2.05, 4.69) is 36.9 Å². The van der Waals surface area contributed by atoms with E-state index >= 15 is 0 Å². The van der Waals surface area contributed by atoms with Crippen LogP contribution >= 0.6 is 0 Å². The number of carbonyl (C=O) groups is 1. The van der Waals surface area contributed by atoms with Crippen molar-refractivity contribution in [1.82, 2.24) is 9.80 Å². The maximum Gasteiger partial charge on any atom is 0.239 e. The van der Waals surface area contributed by atoms with E-state index in [1.807, 2.05) is 4.90 Å². The number of aryl methyl sites for hydroxylation is 1. The van der Waals surface area contributed by atoms with Crippen molar-refractivity contribution < 1.29 is 9.53 Å². The van der Waals surface area contributed by atoms with E-state index < -0.39 is 6.04 Å². The first-order valence-corrected chi connectivity index (χ1v) is 8.98. The summed E-state index contributed by atoms with van der Waals surface area (Å²) < 4.78 is 6.53. The maximum absolute atomic E-state index is 12.6. The molecule has 1 amide bonds. The standard InChI is InChI=1S/C19H29N3O2/c1-4-21-9-7-19(8-10-21)13-22(18(23)15(3)20)12-16-11-14(2)5-6-17(16)24-19/h5-6,11,15H,4,7-10,12-13,20H2,1-3H3/t15-/m1/s1. The molecular weight excluding hydrogens is 302 g/mol. The minimum atomic E-state index is -0.482. The minimum absolute atomic E-state index is 0.00486. The quantitative estimate of drug-likeness (QED) is 0.899. The number of carbonyl (C=O) groups excluding carboxylic acids is 1. The van der Waals surface area contributed by atoms with Gasteiger partial charge in [0.1, 0.15) is 11.4 Å². The Hall–Kier alpha value is -1.59. The number of ether oxygens (including phenoxy) is 1. The van der Waals surface area contributed by atoms with Crippen LogP contribution in [0.1, 0.15) is 37.8 Å². The van der Waals surface area contributed by atoms with Crippen molar-refractivity contribution >= 4 is 5.91 Å². The normalized spacial score (nSPS) is 21.8. The van der Waals surface area contributed by atoms with Gasteiger partial charge in [-0.2, -0.15) is 0 Å². The summed E-state index contributed by atoms with van der Waals surface area (Å²) in [5.74, 6) is 0.927. The molecule has 1 atom stereocenters. The number of nitrogens with zero attached hydrogens (tertiary/aromatic N) is 2. The molecule has 5 nitrogen and oxygen atoms in total. The second kappa shape index (κ2) is 6.73. The van der Waals surface area contributed by atoms with E-state index in [-0.39, 0.29) is 11.5 Å². The van der Waals surface area contributed by atoms with Crippen LogP contribution in [0.15, 0.2) is 18.2 Å². The topological polar surface area (TPSA) is 58.8 Å². The molecule has 0 unspecified atom stereocenters. The van der Waals surface area contributed by atoms with Gasteiger partial charge in [0, 0.05) is 38.0 Å². The molecule has 0 radical (unpaired) electrons. The second-order valence-electron chi connectivity index (χ2n) is 7.31. The van der Waals surface area contributed by atoms with Gasteiger partial charge >= 0.3 is 0 Å². The minimum Gasteiger partial charge on any atom is -0.485 e. The number of likely N-dealkylation sites (tertiary alicyclic amines) is 1. The molecule has 132 valence electrons. The molecule has 2 heterocycles. The van der Waals surface area contributed by atoms with E-state index in [1.54, 1.807) is 6.92 Å². The molecule has 1 saturated heterocycles. The van der Waals surface area contributed by atoms with Crippen molar-refractivity contribution in [3.63, 3.8) is 0 Å². The molecule has 0 bridgehead atoms. The van der Waals surface area contributed by atoms with Crippen molar-refractivity contribution in [3.8, 4) is 5.75 Å². The number of benzene rings is 1. The number of nitrogens with two attached hydrogens (primary N) is 1. The van der Waals surface area contributed by atoms with Gasteiger partial charge in [-0.3, -0.25) is 4.79 Å². The molecule has 1 aromatic carbocycles. The van der Waals surface area contributed by atoms with Crippen molar-refractivity contribution in [2.75, 3.05) is 26.2 Å². The number of rotatable bonds is 2. The molecule has 2 aliphatic heterocycles. The van der Waals surface area contributed by atoms with Crippen LogP contribution in [0, 0.1) is 6.92 Å². The molecule has 2 N–H and O–H groups in total. The Morgan fingerprint density at radius 2 is 2.08 bits per heavy atom. The lowest BCUT2D eigenvalue weighted by Crippen LogP contribution is -2.55. The highest BCUT2D eigenvalue weighted by Gasteiger charge is 2.42. The Morgan fingerprint density at radius 1 is 1.38 bits per heavy atom. The van der Waals surface area contributed by atoms with Gasteiger partial charge in [0.25, 0.3) is 0 Å². The number of piperidine rings is 1. The summed E-state index contributed by atoms with van der Waals surface area (Å²) in [6, 6.07) is 5.77. The summed E-state index contributed by atoms with van der Waals surface area (Å²) in [6.45, 7) is 10.3. The van der Waals surface area contributed by atoms with Crippen LogP contribution < -0.4 is 10.5 Å². The summed E-state index contributed by atoms with van der Waals surface area (Å²) in [7, 11) is 0. The molecule has 1 aromatic rings. The van der Waals surface area contributed by atoms with Crippen LogP contribution in [0.3, 0.4) is 0 Å². The summed E-state index contributed by atoms with van der Waals surface area (Å²) in [5.41, 5.74) is 7.86. The zero-order valence-electron chi connectivity index (χ0n) is 15.0. The summed E-state index contributed by atoms with van der Waals surface area (Å²) in [4.78, 5) is 17.0. The fourth-order valence-electron chi connectivity index (χ4n) is 3.79. The van der Waals surface area contributed by atoms with Gasteiger partial charge in [0.05, 0.1) is 12.6 Å². The SMILES string of the molecule is CCN1CCC2(CC1)CN(C(=O)[C@@H](C)N)Cc1cc(C)ccc1O2. The first kappa shape index (κ1) is 17.2. The van der Waals surface area contributed by atoms with E-state index in [0.29, 0.717) is 13.1 Å². The molecule has 2 aliphatic rings. The van der Waals surface area contributed by atoms with Gasteiger partial charge in [-0.15, -0.1) is 0 Å². The van der Waals surface area contributed by atoms with E-state index in [0.717, 1.165) is 43.8 Å². The van der Waals surface area contributed by atoms with Crippen LogP contribution in [0.4, 0.5) is 0 Å². The molecule has 3 rings (SSSR count). The highest BCUT2D eigenvalue weighted by atomic mass is 16.5. The average Bonchev–Trinajstić information content (AvgIpc) is 2.71. The molecule has 1 spiro atoms. The fourth-order valence-corrected chi connectivity index (χ4v) is 3.79. The molecular formula is C19H29N3O2. The molecule has 5 heteroatoms. The summed E-state index contributed by atoms with van der Waals surface area (Å²) >= 11 is 0. The van der Waals surface area contributed by atoms with Crippen LogP contribution in [-0.4, -0.2) is 53.5 Å². The predicted octanol–water partition coefficient (Wildman–Crippen LogP) is 1.92. The largest absolute Gasteiger partial charge is 0.485 e. The van der Waals surface area contributed by atoms with Gasteiger partial charge in [-0.25, -0.2) is 0 Å². The Morgan fingerprint density at radius 3 is 2.71 bits per heavy atom. The van der Waals surface area contributed by atoms with Crippen LogP contribution in [-0.2, 0) is 11.3 Å². The molecule has 1 fully saturated rings. The summed E-state index contributed by atoms with van der Waals surface area (Å²) in [5, 5.41) is 0. The maximum atomic E-state index is 12.6. The number of hydrogen-bond donors (Lipinski definition) is 1. The van der Waals surface area contributed by atoms with Crippen molar-refractivity contribution in [3.05, 3.63) is 29.3 Å². The van der Waals surface area contributed by atoms with Crippen molar-refractivity contribution in [2.24, 2.45) is 5.73 Å². The Balaban J connectivity index is 1.93. The van der Waals surface area contributed by atoms with Crippen molar-refractivity contribution in [1.29, 1.82) is 0 Å². The average molecular weight is 331 g/mol. The van der Waals surface area contributed by atoms with Gasteiger partial charge in [-0.05, 0) is 26.5 Å². The molecule has 0 saturated carbocycles. The highest BCUT2D eigenvalue weighted by Crippen LogP contribution is 2.36. The molecule has 24 heavy (non-hydrogen) atoms.